The maximum atomic E-state index is 12.5. The van der Waals surface area contributed by atoms with Gasteiger partial charge in [0.2, 0.25) is 0 Å². The first-order chi connectivity index (χ1) is 12.7. The van der Waals surface area contributed by atoms with E-state index in [0.29, 0.717) is 19.1 Å². The third kappa shape index (κ3) is 3.46. The molecule has 1 aliphatic carbocycles. The Hall–Kier alpha value is -2.34. The lowest BCUT2D eigenvalue weighted by Gasteiger charge is -2.28. The zero-order chi connectivity index (χ0) is 18.1. The number of H-pyrrole nitrogens is 1. The van der Waals surface area contributed by atoms with Crippen LogP contribution in [0.2, 0.25) is 0 Å². The molecule has 2 aromatic rings. The van der Waals surface area contributed by atoms with Crippen molar-refractivity contribution in [2.45, 2.75) is 45.2 Å². The van der Waals surface area contributed by atoms with E-state index in [1.807, 2.05) is 19.1 Å². The Morgan fingerprint density at radius 3 is 2.88 bits per heavy atom. The summed E-state index contributed by atoms with van der Waals surface area (Å²) in [5.41, 5.74) is 2.98. The van der Waals surface area contributed by atoms with Crippen LogP contribution in [-0.2, 0) is 19.5 Å². The second kappa shape index (κ2) is 7.11. The van der Waals surface area contributed by atoms with Crippen LogP contribution in [0.3, 0.4) is 0 Å². The summed E-state index contributed by atoms with van der Waals surface area (Å²) in [6.07, 6.45) is 3.12. The monoisotopic (exact) mass is 355 g/mol. The van der Waals surface area contributed by atoms with E-state index < -0.39 is 0 Å². The molecule has 0 bridgehead atoms. The topological polar surface area (TPSA) is 67.5 Å². The minimum Gasteiger partial charge on any atom is -0.493 e. The van der Waals surface area contributed by atoms with E-state index in [1.54, 1.807) is 7.11 Å². The van der Waals surface area contributed by atoms with Gasteiger partial charge in [-0.25, -0.2) is 4.98 Å². The summed E-state index contributed by atoms with van der Waals surface area (Å²) in [4.78, 5) is 22.5. The van der Waals surface area contributed by atoms with Crippen LogP contribution >= 0.6 is 0 Å². The quantitative estimate of drug-likeness (QED) is 0.863. The molecule has 26 heavy (non-hydrogen) atoms. The molecule has 1 aromatic heterocycles. The maximum absolute atomic E-state index is 12.5. The first kappa shape index (κ1) is 17.1. The third-order valence-electron chi connectivity index (χ3n) is 5.06. The van der Waals surface area contributed by atoms with E-state index in [9.17, 15) is 4.79 Å². The van der Waals surface area contributed by atoms with Crippen LogP contribution in [0.5, 0.6) is 11.5 Å². The van der Waals surface area contributed by atoms with Crippen LogP contribution in [0.1, 0.15) is 48.3 Å². The molecule has 2 aliphatic rings. The highest BCUT2D eigenvalue weighted by atomic mass is 16.5. The van der Waals surface area contributed by atoms with Crippen LogP contribution in [0, 0.1) is 0 Å². The Morgan fingerprint density at radius 1 is 1.31 bits per heavy atom. The minimum atomic E-state index is 0.0332. The summed E-state index contributed by atoms with van der Waals surface area (Å²) in [5.74, 6) is 2.87. The van der Waals surface area contributed by atoms with Crippen LogP contribution in [0.4, 0.5) is 0 Å². The molecule has 0 saturated heterocycles. The molecule has 1 fully saturated rings. The summed E-state index contributed by atoms with van der Waals surface area (Å²) in [6.45, 7) is 4.88. The molecule has 1 aromatic carbocycles. The van der Waals surface area contributed by atoms with Crippen molar-refractivity contribution in [3.63, 3.8) is 0 Å². The normalized spacial score (nSPS) is 17.0. The van der Waals surface area contributed by atoms with E-state index in [4.69, 9.17) is 14.5 Å². The van der Waals surface area contributed by atoms with Gasteiger partial charge in [-0.2, -0.15) is 0 Å². The number of hydrogen-bond donors (Lipinski definition) is 1. The Kier molecular flexibility index (Phi) is 4.68. The second-order valence-electron chi connectivity index (χ2n) is 7.03. The van der Waals surface area contributed by atoms with Crippen LogP contribution in [0.25, 0.3) is 0 Å². The average molecular weight is 355 g/mol. The van der Waals surface area contributed by atoms with E-state index >= 15 is 0 Å². The number of benzene rings is 1. The van der Waals surface area contributed by atoms with Gasteiger partial charge in [0.15, 0.2) is 11.5 Å². The third-order valence-corrected chi connectivity index (χ3v) is 5.06. The van der Waals surface area contributed by atoms with Crippen LogP contribution < -0.4 is 15.0 Å². The molecule has 4 rings (SSSR count). The molecule has 138 valence electrons. The summed E-state index contributed by atoms with van der Waals surface area (Å²) < 4.78 is 11.0. The van der Waals surface area contributed by atoms with Gasteiger partial charge in [0.1, 0.15) is 5.82 Å². The maximum Gasteiger partial charge on any atom is 0.255 e. The lowest BCUT2D eigenvalue weighted by molar-refractivity contribution is 0.240. The van der Waals surface area contributed by atoms with Crippen molar-refractivity contribution in [3.05, 3.63) is 51.2 Å². The van der Waals surface area contributed by atoms with Crippen molar-refractivity contribution >= 4 is 0 Å². The summed E-state index contributed by atoms with van der Waals surface area (Å²) in [6, 6.07) is 6.02. The zero-order valence-electron chi connectivity index (χ0n) is 15.4. The first-order valence-electron chi connectivity index (χ1n) is 9.32. The fourth-order valence-corrected chi connectivity index (χ4v) is 3.53. The van der Waals surface area contributed by atoms with Gasteiger partial charge < -0.3 is 14.5 Å². The van der Waals surface area contributed by atoms with Gasteiger partial charge in [-0.1, -0.05) is 6.07 Å². The van der Waals surface area contributed by atoms with E-state index in [2.05, 4.69) is 16.0 Å². The molecule has 6 heteroatoms. The molecule has 0 unspecified atom stereocenters. The van der Waals surface area contributed by atoms with Crippen molar-refractivity contribution in [2.24, 2.45) is 0 Å². The number of hydrogen-bond acceptors (Lipinski definition) is 5. The second-order valence-corrected chi connectivity index (χ2v) is 7.03. The number of methoxy groups -OCH3 is 1. The lowest BCUT2D eigenvalue weighted by Crippen LogP contribution is -2.35. The standard InChI is InChI=1S/C20H25N3O3/c1-3-26-17-7-4-13(10-18(17)25-2)11-23-9-8-16-15(12-23)20(24)22-19(21-16)14-5-6-14/h4,7,10,14H,3,5-6,8-9,11-12H2,1-2H3,(H,21,22,24). The highest BCUT2D eigenvalue weighted by Crippen LogP contribution is 2.38. The SMILES string of the molecule is CCOc1ccc(CN2CCc3nc(C4CC4)[nH]c(=O)c3C2)cc1OC. The molecule has 1 aliphatic heterocycles. The smallest absolute Gasteiger partial charge is 0.255 e. The van der Waals surface area contributed by atoms with Gasteiger partial charge in [-0.15, -0.1) is 0 Å². The van der Waals surface area contributed by atoms with Crippen LogP contribution in [-0.4, -0.2) is 35.1 Å². The Labute approximate surface area is 153 Å². The molecule has 2 heterocycles. The molecule has 1 N–H and O–H groups in total. The highest BCUT2D eigenvalue weighted by Gasteiger charge is 2.29. The van der Waals surface area contributed by atoms with Crippen LogP contribution in [0.15, 0.2) is 23.0 Å². The average Bonchev–Trinajstić information content (AvgIpc) is 3.49. The van der Waals surface area contributed by atoms with Gasteiger partial charge in [0, 0.05) is 32.0 Å². The zero-order valence-corrected chi connectivity index (χ0v) is 15.4. The van der Waals surface area contributed by atoms with Gasteiger partial charge in [-0.3, -0.25) is 9.69 Å². The first-order valence-corrected chi connectivity index (χ1v) is 9.32. The number of fused-ring (bicyclic) bond motifs is 1. The minimum absolute atomic E-state index is 0.0332. The van der Waals surface area contributed by atoms with E-state index in [-0.39, 0.29) is 5.56 Å². The van der Waals surface area contributed by atoms with Gasteiger partial charge in [-0.05, 0) is 37.5 Å². The largest absolute Gasteiger partial charge is 0.493 e. The number of aromatic amines is 1. The van der Waals surface area contributed by atoms with Crippen molar-refractivity contribution in [1.29, 1.82) is 0 Å². The molecule has 6 nitrogen and oxygen atoms in total. The van der Waals surface area contributed by atoms with Gasteiger partial charge in [0.25, 0.3) is 5.56 Å². The lowest BCUT2D eigenvalue weighted by atomic mass is 10.1. The highest BCUT2D eigenvalue weighted by molar-refractivity contribution is 5.43. The Balaban J connectivity index is 1.50. The number of nitrogens with one attached hydrogen (secondary N) is 1. The Bertz CT molecular complexity index is 858. The number of ether oxygens (including phenoxy) is 2. The van der Waals surface area contributed by atoms with Crippen molar-refractivity contribution < 1.29 is 9.47 Å². The molecular weight excluding hydrogens is 330 g/mol. The summed E-state index contributed by atoms with van der Waals surface area (Å²) in [7, 11) is 1.65. The molecule has 0 radical (unpaired) electrons. The van der Waals surface area contributed by atoms with Gasteiger partial charge >= 0.3 is 0 Å². The molecule has 0 atom stereocenters. The molecule has 0 amide bonds. The fourth-order valence-electron chi connectivity index (χ4n) is 3.53. The van der Waals surface area contributed by atoms with Gasteiger partial charge in [0.05, 0.1) is 25.0 Å². The molecular formula is C20H25N3O3. The summed E-state index contributed by atoms with van der Waals surface area (Å²) >= 11 is 0. The van der Waals surface area contributed by atoms with E-state index in [0.717, 1.165) is 66.5 Å². The van der Waals surface area contributed by atoms with Crippen molar-refractivity contribution in [2.75, 3.05) is 20.3 Å². The number of aromatic nitrogens is 2. The predicted octanol–water partition coefficient (Wildman–Crippen LogP) is 2.61. The molecule has 1 saturated carbocycles. The molecule has 0 spiro atoms. The van der Waals surface area contributed by atoms with E-state index in [1.165, 1.54) is 0 Å². The summed E-state index contributed by atoms with van der Waals surface area (Å²) in [5, 5.41) is 0. The Morgan fingerprint density at radius 2 is 2.15 bits per heavy atom. The number of rotatable bonds is 6. The fraction of sp³-hybridized carbons (Fsp3) is 0.500. The van der Waals surface area contributed by atoms with Crippen molar-refractivity contribution in [1.82, 2.24) is 14.9 Å². The predicted molar refractivity (Wildman–Crippen MR) is 98.8 cm³/mol. The van der Waals surface area contributed by atoms with Crippen molar-refractivity contribution in [3.8, 4) is 11.5 Å². The number of nitrogens with zero attached hydrogens (tertiary/aromatic N) is 2.